The standard InChI is InChI=1S/C26H30FN5O/c27-24-9-20(32-12-18-3-4-19(13-32)30-18)5-14-1-2-17(8-22(14)24)31-26(33)16-7-23-21-6-15(21)10-28-25(23)29-11-16/h5,7,9,11,15,17-19,21,30H,1-4,6,8,10,12-13H2,(H,28,29)(H,31,33)/t15-,17+,18?,19?,21-/m1/s1. The van der Waals surface area contributed by atoms with E-state index in [4.69, 9.17) is 0 Å². The van der Waals surface area contributed by atoms with Gasteiger partial charge in [0.25, 0.3) is 5.91 Å². The maximum atomic E-state index is 15.2. The lowest BCUT2D eigenvalue weighted by Crippen LogP contribution is -2.51. The van der Waals surface area contributed by atoms with Crippen LogP contribution in [0, 0.1) is 11.7 Å². The molecule has 1 amide bonds. The maximum absolute atomic E-state index is 15.2. The number of anilines is 2. The summed E-state index contributed by atoms with van der Waals surface area (Å²) in [4.78, 5) is 19.8. The van der Waals surface area contributed by atoms with Crippen LogP contribution in [0.2, 0.25) is 0 Å². The molecular weight excluding hydrogens is 417 g/mol. The Bertz CT molecular complexity index is 1120. The number of carbonyl (C=O) groups excluding carboxylic acids is 1. The Balaban J connectivity index is 1.06. The van der Waals surface area contributed by atoms with Crippen LogP contribution >= 0.6 is 0 Å². The number of piperazine rings is 1. The topological polar surface area (TPSA) is 69.3 Å². The molecule has 2 bridgehead atoms. The number of aryl methyl sites for hydroxylation is 1. The first-order valence-electron chi connectivity index (χ1n) is 12.5. The molecule has 5 aliphatic rings. The van der Waals surface area contributed by atoms with E-state index in [2.05, 4.69) is 31.9 Å². The number of aromatic nitrogens is 1. The van der Waals surface area contributed by atoms with E-state index >= 15 is 4.39 Å². The van der Waals surface area contributed by atoms with Crippen LogP contribution in [-0.2, 0) is 12.8 Å². The first-order valence-corrected chi connectivity index (χ1v) is 12.5. The van der Waals surface area contributed by atoms with E-state index in [1.807, 2.05) is 6.07 Å². The first kappa shape index (κ1) is 19.8. The molecule has 172 valence electrons. The number of pyridine rings is 1. The highest BCUT2D eigenvalue weighted by atomic mass is 19.1. The quantitative estimate of drug-likeness (QED) is 0.675. The normalized spacial score (nSPS) is 31.2. The summed E-state index contributed by atoms with van der Waals surface area (Å²) in [6.07, 6.45) is 7.45. The maximum Gasteiger partial charge on any atom is 0.253 e. The van der Waals surface area contributed by atoms with E-state index in [-0.39, 0.29) is 17.8 Å². The van der Waals surface area contributed by atoms with E-state index in [0.717, 1.165) is 55.1 Å². The lowest BCUT2D eigenvalue weighted by atomic mass is 9.87. The highest BCUT2D eigenvalue weighted by Gasteiger charge is 2.43. The van der Waals surface area contributed by atoms with Gasteiger partial charge in [-0.2, -0.15) is 0 Å². The van der Waals surface area contributed by atoms with E-state index in [9.17, 15) is 4.79 Å². The fourth-order valence-electron chi connectivity index (χ4n) is 6.51. The van der Waals surface area contributed by atoms with Crippen LogP contribution in [0.25, 0.3) is 0 Å². The molecule has 2 aromatic rings. The van der Waals surface area contributed by atoms with Crippen LogP contribution < -0.4 is 20.9 Å². The van der Waals surface area contributed by atoms with E-state index in [1.54, 1.807) is 12.3 Å². The van der Waals surface area contributed by atoms with Crippen LogP contribution in [0.4, 0.5) is 15.9 Å². The highest BCUT2D eigenvalue weighted by molar-refractivity contribution is 5.94. The van der Waals surface area contributed by atoms with E-state index in [1.165, 1.54) is 24.8 Å². The third-order valence-electron chi connectivity index (χ3n) is 8.44. The Morgan fingerprint density at radius 3 is 2.85 bits per heavy atom. The van der Waals surface area contributed by atoms with Crippen molar-refractivity contribution >= 4 is 17.4 Å². The Morgan fingerprint density at radius 2 is 2.00 bits per heavy atom. The van der Waals surface area contributed by atoms with Gasteiger partial charge in [0, 0.05) is 49.6 Å². The molecule has 7 heteroatoms. The number of fused-ring (bicyclic) bond motifs is 6. The average Bonchev–Trinajstić information content (AvgIpc) is 3.56. The van der Waals surface area contributed by atoms with Crippen molar-refractivity contribution in [2.75, 3.05) is 29.9 Å². The third kappa shape index (κ3) is 3.48. The molecule has 3 aliphatic heterocycles. The molecule has 7 rings (SSSR count). The molecule has 4 heterocycles. The summed E-state index contributed by atoms with van der Waals surface area (Å²) in [6.45, 7) is 2.90. The Labute approximate surface area is 193 Å². The van der Waals surface area contributed by atoms with Crippen LogP contribution in [0.3, 0.4) is 0 Å². The molecule has 3 N–H and O–H groups in total. The largest absolute Gasteiger partial charge is 0.370 e. The van der Waals surface area contributed by atoms with Crippen molar-refractivity contribution in [3.05, 3.63) is 52.5 Å². The van der Waals surface area contributed by atoms with E-state index < -0.39 is 0 Å². The van der Waals surface area contributed by atoms with Crippen LogP contribution in [0.15, 0.2) is 24.4 Å². The summed E-state index contributed by atoms with van der Waals surface area (Å²) in [5.41, 5.74) is 4.66. The molecule has 3 fully saturated rings. The van der Waals surface area contributed by atoms with Crippen molar-refractivity contribution in [3.8, 4) is 0 Å². The number of carbonyl (C=O) groups is 1. The Hall–Kier alpha value is -2.67. The first-order chi connectivity index (χ1) is 16.1. The third-order valence-corrected chi connectivity index (χ3v) is 8.44. The summed E-state index contributed by atoms with van der Waals surface area (Å²) in [7, 11) is 0. The second-order valence-corrected chi connectivity index (χ2v) is 10.7. The number of rotatable bonds is 3. The van der Waals surface area contributed by atoms with Gasteiger partial charge in [-0.25, -0.2) is 9.37 Å². The minimum atomic E-state index is -0.131. The number of benzene rings is 1. The highest BCUT2D eigenvalue weighted by Crippen LogP contribution is 2.52. The molecule has 1 aromatic carbocycles. The predicted octanol–water partition coefficient (Wildman–Crippen LogP) is 2.98. The van der Waals surface area contributed by atoms with Gasteiger partial charge in [-0.05, 0) is 85.3 Å². The van der Waals surface area contributed by atoms with Crippen LogP contribution in [-0.4, -0.2) is 48.7 Å². The molecule has 0 radical (unpaired) electrons. The minimum absolute atomic E-state index is 0.0526. The molecule has 0 spiro atoms. The summed E-state index contributed by atoms with van der Waals surface area (Å²) < 4.78 is 15.2. The van der Waals surface area contributed by atoms with Gasteiger partial charge >= 0.3 is 0 Å². The number of nitrogens with zero attached hydrogens (tertiary/aromatic N) is 2. The molecule has 33 heavy (non-hydrogen) atoms. The molecule has 2 aliphatic carbocycles. The summed E-state index contributed by atoms with van der Waals surface area (Å²) in [5, 5.41) is 10.2. The molecule has 1 aromatic heterocycles. The van der Waals surface area contributed by atoms with Gasteiger partial charge in [-0.3, -0.25) is 4.79 Å². The molecule has 2 saturated heterocycles. The van der Waals surface area contributed by atoms with Gasteiger partial charge in [-0.15, -0.1) is 0 Å². The molecule has 6 nitrogen and oxygen atoms in total. The van der Waals surface area contributed by atoms with Crippen LogP contribution in [0.5, 0.6) is 0 Å². The number of amides is 1. The SMILES string of the molecule is O=C(N[C@H]1CCc2cc(N3CC4CCC(C3)N4)cc(F)c2C1)c1cnc2c(c1)[C@@H]1C[C@@H]1CN2. The zero-order valence-corrected chi connectivity index (χ0v) is 18.7. The molecule has 1 saturated carbocycles. The zero-order valence-electron chi connectivity index (χ0n) is 18.7. The van der Waals surface area contributed by atoms with E-state index in [0.29, 0.717) is 35.9 Å². The van der Waals surface area contributed by atoms with Crippen molar-refractivity contribution in [1.82, 2.24) is 15.6 Å². The lowest BCUT2D eigenvalue weighted by molar-refractivity contribution is 0.0933. The van der Waals surface area contributed by atoms with Crippen LogP contribution in [0.1, 0.15) is 58.6 Å². The van der Waals surface area contributed by atoms with Gasteiger partial charge in [0.05, 0.1) is 5.56 Å². The van der Waals surface area contributed by atoms with Crippen molar-refractivity contribution in [1.29, 1.82) is 0 Å². The Morgan fingerprint density at radius 1 is 1.15 bits per heavy atom. The fourth-order valence-corrected chi connectivity index (χ4v) is 6.51. The van der Waals surface area contributed by atoms with Crippen molar-refractivity contribution < 1.29 is 9.18 Å². The summed E-state index contributed by atoms with van der Waals surface area (Å²) >= 11 is 0. The zero-order chi connectivity index (χ0) is 22.1. The second kappa shape index (κ2) is 7.42. The number of hydrogen-bond acceptors (Lipinski definition) is 5. The van der Waals surface area contributed by atoms with Gasteiger partial charge < -0.3 is 20.9 Å². The Kier molecular flexibility index (Phi) is 4.44. The van der Waals surface area contributed by atoms with Gasteiger partial charge in [0.2, 0.25) is 0 Å². The number of hydrogen-bond donors (Lipinski definition) is 3. The summed E-state index contributed by atoms with van der Waals surface area (Å²) in [6, 6.07) is 6.90. The summed E-state index contributed by atoms with van der Waals surface area (Å²) in [5.74, 6) is 1.93. The monoisotopic (exact) mass is 447 g/mol. The van der Waals surface area contributed by atoms with Gasteiger partial charge in [0.15, 0.2) is 0 Å². The minimum Gasteiger partial charge on any atom is -0.370 e. The molecular formula is C26H30FN5O. The van der Waals surface area contributed by atoms with Crippen molar-refractivity contribution in [3.63, 3.8) is 0 Å². The van der Waals surface area contributed by atoms with Crippen molar-refractivity contribution in [2.45, 2.75) is 62.6 Å². The van der Waals surface area contributed by atoms with Gasteiger partial charge in [0.1, 0.15) is 11.6 Å². The number of nitrogens with one attached hydrogen (secondary N) is 3. The lowest BCUT2D eigenvalue weighted by Gasteiger charge is -2.35. The smallest absolute Gasteiger partial charge is 0.253 e. The predicted molar refractivity (Wildman–Crippen MR) is 125 cm³/mol. The molecule has 2 unspecified atom stereocenters. The fraction of sp³-hybridized carbons (Fsp3) is 0.538. The van der Waals surface area contributed by atoms with Crippen molar-refractivity contribution in [2.24, 2.45) is 5.92 Å². The second-order valence-electron chi connectivity index (χ2n) is 10.7. The average molecular weight is 448 g/mol. The number of halogens is 1. The van der Waals surface area contributed by atoms with Gasteiger partial charge in [-0.1, -0.05) is 0 Å². The molecule has 5 atom stereocenters.